The van der Waals surface area contributed by atoms with Crippen LogP contribution in [0.3, 0.4) is 0 Å². The highest BCUT2D eigenvalue weighted by atomic mass is 16.5. The molecule has 0 saturated heterocycles. The van der Waals surface area contributed by atoms with Gasteiger partial charge in [-0.3, -0.25) is 4.79 Å². The normalized spacial score (nSPS) is 13.6. The van der Waals surface area contributed by atoms with E-state index in [1.54, 1.807) is 0 Å². The van der Waals surface area contributed by atoms with E-state index >= 15 is 0 Å². The molecule has 0 aliphatic carbocycles. The van der Waals surface area contributed by atoms with E-state index in [-0.39, 0.29) is 17.4 Å². The average molecular weight is 329 g/mol. The van der Waals surface area contributed by atoms with Crippen LogP contribution < -0.4 is 5.32 Å². The molecule has 0 radical (unpaired) electrons. The van der Waals surface area contributed by atoms with Crippen LogP contribution in [0.1, 0.15) is 66.0 Å². The van der Waals surface area contributed by atoms with Gasteiger partial charge in [-0.25, -0.2) is 0 Å². The largest absolute Gasteiger partial charge is 0.344 e. The van der Waals surface area contributed by atoms with Crippen LogP contribution in [0.15, 0.2) is 28.8 Å². The summed E-state index contributed by atoms with van der Waals surface area (Å²) in [4.78, 5) is 16.5. The molecule has 2 rings (SSSR count). The third-order valence-electron chi connectivity index (χ3n) is 3.85. The molecule has 0 saturated carbocycles. The standard InChI is InChI=1S/C19H27N3O2/c1-12(20-17(23)19(5,6)7)16-21-15(22-24-16)13-8-10-14(11-9-13)18(2,3)4/h8-12H,1-7H3,(H,20,23)/t12-/m0/s1. The number of benzene rings is 1. The quantitative estimate of drug-likeness (QED) is 0.913. The first kappa shape index (κ1) is 18.2. The smallest absolute Gasteiger partial charge is 0.249 e. The molecule has 5 heteroatoms. The second kappa shape index (κ2) is 6.38. The van der Waals surface area contributed by atoms with Crippen molar-refractivity contribution in [1.29, 1.82) is 0 Å². The number of hydrogen-bond donors (Lipinski definition) is 1. The Balaban J connectivity index is 2.14. The maximum absolute atomic E-state index is 12.1. The van der Waals surface area contributed by atoms with Crippen LogP contribution in [0.25, 0.3) is 11.4 Å². The summed E-state index contributed by atoms with van der Waals surface area (Å²) in [6.07, 6.45) is 0. The number of hydrogen-bond acceptors (Lipinski definition) is 4. The zero-order valence-electron chi connectivity index (χ0n) is 15.6. The van der Waals surface area contributed by atoms with Gasteiger partial charge < -0.3 is 9.84 Å². The van der Waals surface area contributed by atoms with E-state index in [2.05, 4.69) is 48.4 Å². The van der Waals surface area contributed by atoms with Crippen molar-refractivity contribution in [1.82, 2.24) is 15.5 Å². The summed E-state index contributed by atoms with van der Waals surface area (Å²) in [7, 11) is 0. The van der Waals surface area contributed by atoms with Gasteiger partial charge in [-0.2, -0.15) is 4.98 Å². The van der Waals surface area contributed by atoms with Crippen LogP contribution in [0, 0.1) is 5.41 Å². The lowest BCUT2D eigenvalue weighted by molar-refractivity contribution is -0.129. The highest BCUT2D eigenvalue weighted by Crippen LogP contribution is 2.25. The summed E-state index contributed by atoms with van der Waals surface area (Å²) in [5, 5.41) is 6.93. The third kappa shape index (κ3) is 4.22. The van der Waals surface area contributed by atoms with E-state index in [1.807, 2.05) is 39.8 Å². The van der Waals surface area contributed by atoms with E-state index in [1.165, 1.54) is 5.56 Å². The molecule has 1 heterocycles. The van der Waals surface area contributed by atoms with E-state index < -0.39 is 5.41 Å². The highest BCUT2D eigenvalue weighted by molar-refractivity contribution is 5.81. The van der Waals surface area contributed by atoms with E-state index in [9.17, 15) is 4.79 Å². The van der Waals surface area contributed by atoms with Crippen LogP contribution in [-0.2, 0) is 10.2 Å². The summed E-state index contributed by atoms with van der Waals surface area (Å²) in [5.74, 6) is 0.883. The zero-order chi connectivity index (χ0) is 18.1. The molecule has 0 bridgehead atoms. The molecule has 1 aromatic heterocycles. The van der Waals surface area contributed by atoms with Gasteiger partial charge in [-0.05, 0) is 17.9 Å². The first-order chi connectivity index (χ1) is 11.0. The fourth-order valence-corrected chi connectivity index (χ4v) is 2.12. The van der Waals surface area contributed by atoms with Crippen molar-refractivity contribution in [3.63, 3.8) is 0 Å². The number of nitrogens with one attached hydrogen (secondary N) is 1. The molecular weight excluding hydrogens is 302 g/mol. The minimum absolute atomic E-state index is 0.0516. The van der Waals surface area contributed by atoms with Crippen LogP contribution in [0.4, 0.5) is 0 Å². The molecule has 1 amide bonds. The van der Waals surface area contributed by atoms with Gasteiger partial charge in [0.15, 0.2) is 0 Å². The average Bonchev–Trinajstić information content (AvgIpc) is 2.95. The first-order valence-electron chi connectivity index (χ1n) is 8.24. The Morgan fingerprint density at radius 3 is 2.17 bits per heavy atom. The van der Waals surface area contributed by atoms with Crippen molar-refractivity contribution >= 4 is 5.91 Å². The molecule has 24 heavy (non-hydrogen) atoms. The number of amides is 1. The number of aromatic nitrogens is 2. The minimum Gasteiger partial charge on any atom is -0.344 e. The van der Waals surface area contributed by atoms with Gasteiger partial charge in [-0.1, -0.05) is 71.0 Å². The number of carbonyl (C=O) groups is 1. The summed E-state index contributed by atoms with van der Waals surface area (Å²) < 4.78 is 5.32. The summed E-state index contributed by atoms with van der Waals surface area (Å²) in [6.45, 7) is 14.0. The third-order valence-corrected chi connectivity index (χ3v) is 3.85. The first-order valence-corrected chi connectivity index (χ1v) is 8.24. The molecule has 1 N–H and O–H groups in total. The van der Waals surface area contributed by atoms with Crippen molar-refractivity contribution in [3.8, 4) is 11.4 Å². The lowest BCUT2D eigenvalue weighted by atomic mass is 9.87. The van der Waals surface area contributed by atoms with Gasteiger partial charge in [0.1, 0.15) is 6.04 Å². The van der Waals surface area contributed by atoms with Crippen LogP contribution in [-0.4, -0.2) is 16.0 Å². The van der Waals surface area contributed by atoms with Crippen molar-refractivity contribution < 1.29 is 9.32 Å². The Labute approximate surface area is 143 Å². The van der Waals surface area contributed by atoms with Crippen LogP contribution in [0.5, 0.6) is 0 Å². The Kier molecular flexibility index (Phi) is 4.83. The fraction of sp³-hybridized carbons (Fsp3) is 0.526. The topological polar surface area (TPSA) is 68.0 Å². The Bertz CT molecular complexity index is 703. The highest BCUT2D eigenvalue weighted by Gasteiger charge is 2.25. The summed E-state index contributed by atoms with van der Waals surface area (Å²) in [5.41, 5.74) is 1.79. The molecule has 1 atom stereocenters. The Hall–Kier alpha value is -2.17. The second-order valence-electron chi connectivity index (χ2n) is 8.23. The molecule has 1 aromatic carbocycles. The summed E-state index contributed by atoms with van der Waals surface area (Å²) in [6, 6.07) is 7.82. The molecule has 0 aliphatic rings. The van der Waals surface area contributed by atoms with Crippen molar-refractivity contribution in [3.05, 3.63) is 35.7 Å². The second-order valence-corrected chi connectivity index (χ2v) is 8.23. The van der Waals surface area contributed by atoms with E-state index in [0.717, 1.165) is 5.56 Å². The van der Waals surface area contributed by atoms with E-state index in [4.69, 9.17) is 4.52 Å². The number of carbonyl (C=O) groups excluding carboxylic acids is 1. The van der Waals surface area contributed by atoms with Crippen LogP contribution >= 0.6 is 0 Å². The van der Waals surface area contributed by atoms with Crippen molar-refractivity contribution in [2.24, 2.45) is 5.41 Å². The predicted octanol–water partition coefficient (Wildman–Crippen LogP) is 4.26. The fourth-order valence-electron chi connectivity index (χ4n) is 2.12. The van der Waals surface area contributed by atoms with Gasteiger partial charge in [-0.15, -0.1) is 0 Å². The molecule has 130 valence electrons. The lowest BCUT2D eigenvalue weighted by Crippen LogP contribution is -2.36. The predicted molar refractivity (Wildman–Crippen MR) is 94.4 cm³/mol. The Morgan fingerprint density at radius 1 is 1.08 bits per heavy atom. The summed E-state index contributed by atoms with van der Waals surface area (Å²) >= 11 is 0. The van der Waals surface area contributed by atoms with Gasteiger partial charge in [0.25, 0.3) is 0 Å². The molecule has 0 aliphatic heterocycles. The lowest BCUT2D eigenvalue weighted by Gasteiger charge is -2.19. The maximum Gasteiger partial charge on any atom is 0.249 e. The molecule has 0 fully saturated rings. The number of rotatable bonds is 3. The van der Waals surface area contributed by atoms with Crippen molar-refractivity contribution in [2.45, 2.75) is 59.9 Å². The van der Waals surface area contributed by atoms with Gasteiger partial charge in [0.05, 0.1) is 0 Å². The SMILES string of the molecule is C[C@H](NC(=O)C(C)(C)C)c1nc(-c2ccc(C(C)(C)C)cc2)no1. The van der Waals surface area contributed by atoms with Crippen molar-refractivity contribution in [2.75, 3.05) is 0 Å². The van der Waals surface area contributed by atoms with Gasteiger partial charge >= 0.3 is 0 Å². The maximum atomic E-state index is 12.1. The number of nitrogens with zero attached hydrogens (tertiary/aromatic N) is 2. The Morgan fingerprint density at radius 2 is 1.67 bits per heavy atom. The molecular formula is C19H27N3O2. The minimum atomic E-state index is -0.458. The molecule has 0 unspecified atom stereocenters. The zero-order valence-corrected chi connectivity index (χ0v) is 15.6. The van der Waals surface area contributed by atoms with Crippen LogP contribution in [0.2, 0.25) is 0 Å². The van der Waals surface area contributed by atoms with E-state index in [0.29, 0.717) is 11.7 Å². The molecule has 5 nitrogen and oxygen atoms in total. The molecule has 2 aromatic rings. The van der Waals surface area contributed by atoms with Gasteiger partial charge in [0.2, 0.25) is 17.6 Å². The van der Waals surface area contributed by atoms with Gasteiger partial charge in [0, 0.05) is 11.0 Å². The monoisotopic (exact) mass is 329 g/mol. The molecule has 0 spiro atoms.